The number of piperazine rings is 1. The molecule has 1 aliphatic heterocycles. The van der Waals surface area contributed by atoms with Crippen molar-refractivity contribution in [2.45, 2.75) is 25.8 Å². The van der Waals surface area contributed by atoms with Gasteiger partial charge in [0.1, 0.15) is 11.6 Å². The minimum Gasteiger partial charge on any atom is -0.369 e. The summed E-state index contributed by atoms with van der Waals surface area (Å²) in [5.74, 6) is 1.92. The normalized spacial score (nSPS) is 21.1. The van der Waals surface area contributed by atoms with Crippen molar-refractivity contribution in [1.29, 1.82) is 0 Å². The van der Waals surface area contributed by atoms with E-state index < -0.39 is 0 Å². The van der Waals surface area contributed by atoms with Gasteiger partial charge >= 0.3 is 0 Å². The summed E-state index contributed by atoms with van der Waals surface area (Å²) < 4.78 is 1.09. The van der Waals surface area contributed by atoms with Crippen LogP contribution in [0.5, 0.6) is 0 Å². The summed E-state index contributed by atoms with van der Waals surface area (Å²) >= 11 is 2.29. The minimum absolute atomic E-state index is 0.507. The summed E-state index contributed by atoms with van der Waals surface area (Å²) in [4.78, 5) is 14.0. The molecule has 0 bridgehead atoms. The van der Waals surface area contributed by atoms with Gasteiger partial charge in [0.2, 0.25) is 0 Å². The monoisotopic (exact) mass is 389 g/mol. The summed E-state index contributed by atoms with van der Waals surface area (Å²) in [6.45, 7) is 6.47. The van der Waals surface area contributed by atoms with Crippen LogP contribution in [0.25, 0.3) is 0 Å². The van der Waals surface area contributed by atoms with E-state index in [1.54, 1.807) is 0 Å². The largest absolute Gasteiger partial charge is 0.369 e. The number of nitrogens with zero attached hydrogens (tertiary/aromatic N) is 4. The Morgan fingerprint density at radius 1 is 1.40 bits per heavy atom. The van der Waals surface area contributed by atoms with Crippen molar-refractivity contribution in [2.75, 3.05) is 45.6 Å². The van der Waals surface area contributed by atoms with E-state index in [1.165, 1.54) is 0 Å². The van der Waals surface area contributed by atoms with E-state index in [9.17, 15) is 0 Å². The number of anilines is 1. The van der Waals surface area contributed by atoms with E-state index in [0.29, 0.717) is 6.04 Å². The summed E-state index contributed by atoms with van der Waals surface area (Å²) in [6, 6.07) is 0.507. The molecule has 0 saturated carbocycles. The lowest BCUT2D eigenvalue weighted by atomic mass is 10.1. The molecule has 0 amide bonds. The number of halogens is 1. The predicted molar refractivity (Wildman–Crippen MR) is 91.1 cm³/mol. The first-order chi connectivity index (χ1) is 9.60. The molecule has 1 atom stereocenters. The van der Waals surface area contributed by atoms with Crippen LogP contribution >= 0.6 is 22.6 Å². The molecule has 6 heteroatoms. The Bertz CT molecular complexity index is 440. The van der Waals surface area contributed by atoms with Crippen LogP contribution in [-0.2, 0) is 6.42 Å². The van der Waals surface area contributed by atoms with Gasteiger partial charge < -0.3 is 15.1 Å². The van der Waals surface area contributed by atoms with E-state index in [2.05, 4.69) is 68.7 Å². The van der Waals surface area contributed by atoms with Gasteiger partial charge in [-0.15, -0.1) is 0 Å². The third-order valence-electron chi connectivity index (χ3n) is 3.73. The maximum absolute atomic E-state index is 4.69. The predicted octanol–water partition coefficient (Wildman–Crippen LogP) is 1.69. The van der Waals surface area contributed by atoms with Crippen LogP contribution in [0.2, 0.25) is 0 Å². The average molecular weight is 389 g/mol. The van der Waals surface area contributed by atoms with Gasteiger partial charge in [-0.3, -0.25) is 0 Å². The van der Waals surface area contributed by atoms with E-state index >= 15 is 0 Å². The fourth-order valence-corrected chi connectivity index (χ4v) is 2.85. The van der Waals surface area contributed by atoms with Gasteiger partial charge in [0.15, 0.2) is 0 Å². The van der Waals surface area contributed by atoms with E-state index in [-0.39, 0.29) is 0 Å². The van der Waals surface area contributed by atoms with Crippen LogP contribution < -0.4 is 5.32 Å². The van der Waals surface area contributed by atoms with Gasteiger partial charge in [-0.25, -0.2) is 9.97 Å². The Morgan fingerprint density at radius 2 is 2.20 bits per heavy atom. The molecule has 1 aliphatic rings. The molecule has 2 rings (SSSR count). The summed E-state index contributed by atoms with van der Waals surface area (Å²) in [6.07, 6.45) is 3.94. The van der Waals surface area contributed by atoms with Crippen molar-refractivity contribution in [2.24, 2.45) is 0 Å². The Balaban J connectivity index is 2.04. The lowest BCUT2D eigenvalue weighted by Crippen LogP contribution is -2.50. The van der Waals surface area contributed by atoms with Crippen LogP contribution in [0.3, 0.4) is 0 Å². The molecule has 1 fully saturated rings. The van der Waals surface area contributed by atoms with Crippen molar-refractivity contribution in [3.63, 3.8) is 0 Å². The maximum Gasteiger partial charge on any atom is 0.143 e. The van der Waals surface area contributed by atoms with Crippen LogP contribution in [-0.4, -0.2) is 66.1 Å². The molecule has 112 valence electrons. The molecule has 1 N–H and O–H groups in total. The number of hydrogen-bond acceptors (Lipinski definition) is 5. The van der Waals surface area contributed by atoms with E-state index in [1.807, 2.05) is 6.20 Å². The zero-order valence-corrected chi connectivity index (χ0v) is 14.7. The second kappa shape index (κ2) is 7.51. The molecule has 1 saturated heterocycles. The quantitative estimate of drug-likeness (QED) is 0.777. The molecule has 0 aliphatic carbocycles. The van der Waals surface area contributed by atoms with Gasteiger partial charge in [-0.2, -0.15) is 0 Å². The van der Waals surface area contributed by atoms with Crippen molar-refractivity contribution in [3.05, 3.63) is 15.6 Å². The highest BCUT2D eigenvalue weighted by Gasteiger charge is 2.23. The smallest absolute Gasteiger partial charge is 0.143 e. The van der Waals surface area contributed by atoms with Crippen molar-refractivity contribution < 1.29 is 0 Å². The van der Waals surface area contributed by atoms with Crippen LogP contribution in [0, 0.1) is 3.57 Å². The average Bonchev–Trinajstić information content (AvgIpc) is 2.43. The van der Waals surface area contributed by atoms with Gasteiger partial charge in [0.25, 0.3) is 0 Å². The molecule has 1 aromatic heterocycles. The third kappa shape index (κ3) is 4.26. The van der Waals surface area contributed by atoms with Crippen molar-refractivity contribution in [1.82, 2.24) is 19.8 Å². The highest BCUT2D eigenvalue weighted by Crippen LogP contribution is 2.16. The fourth-order valence-electron chi connectivity index (χ4n) is 2.40. The topological polar surface area (TPSA) is 44.3 Å². The molecule has 2 heterocycles. The zero-order chi connectivity index (χ0) is 14.5. The first-order valence-corrected chi connectivity index (χ1v) is 8.32. The van der Waals surface area contributed by atoms with E-state index in [4.69, 9.17) is 0 Å². The maximum atomic E-state index is 4.69. The van der Waals surface area contributed by atoms with Crippen LogP contribution in [0.1, 0.15) is 19.2 Å². The molecule has 0 aromatic carbocycles. The molecular weight excluding hydrogens is 365 g/mol. The first-order valence-electron chi connectivity index (χ1n) is 7.24. The summed E-state index contributed by atoms with van der Waals surface area (Å²) in [5, 5.41) is 3.38. The Hall–Kier alpha value is -0.470. The molecule has 20 heavy (non-hydrogen) atoms. The lowest BCUT2D eigenvalue weighted by Gasteiger charge is -2.37. The highest BCUT2D eigenvalue weighted by molar-refractivity contribution is 14.1. The molecule has 5 nitrogen and oxygen atoms in total. The third-order valence-corrected chi connectivity index (χ3v) is 4.52. The summed E-state index contributed by atoms with van der Waals surface area (Å²) in [7, 11) is 4.38. The molecule has 1 unspecified atom stereocenters. The Kier molecular flexibility index (Phi) is 5.98. The molecule has 0 spiro atoms. The summed E-state index contributed by atoms with van der Waals surface area (Å²) in [5.41, 5.74) is 0. The molecule has 0 radical (unpaired) electrons. The SMILES string of the molecule is CCCNc1nc(CC2CN(C)CCN2C)ncc1I. The van der Waals surface area contributed by atoms with Crippen molar-refractivity contribution >= 4 is 28.4 Å². The second-order valence-corrected chi connectivity index (χ2v) is 6.67. The number of hydrogen-bond donors (Lipinski definition) is 1. The van der Waals surface area contributed by atoms with Gasteiger partial charge in [-0.1, -0.05) is 6.92 Å². The number of aromatic nitrogens is 2. The fraction of sp³-hybridized carbons (Fsp3) is 0.714. The Morgan fingerprint density at radius 3 is 2.95 bits per heavy atom. The molecule has 1 aromatic rings. The molecular formula is C14H24IN5. The number of likely N-dealkylation sites (N-methyl/N-ethyl adjacent to an activating group) is 2. The highest BCUT2D eigenvalue weighted by atomic mass is 127. The van der Waals surface area contributed by atoms with Crippen LogP contribution in [0.4, 0.5) is 5.82 Å². The van der Waals surface area contributed by atoms with E-state index in [0.717, 1.165) is 54.2 Å². The Labute approximate surface area is 135 Å². The number of nitrogens with one attached hydrogen (secondary N) is 1. The number of rotatable bonds is 5. The van der Waals surface area contributed by atoms with Crippen molar-refractivity contribution in [3.8, 4) is 0 Å². The van der Waals surface area contributed by atoms with Crippen LogP contribution in [0.15, 0.2) is 6.20 Å². The van der Waals surface area contributed by atoms with Gasteiger partial charge in [0.05, 0.1) is 3.57 Å². The second-order valence-electron chi connectivity index (χ2n) is 5.51. The van der Waals surface area contributed by atoms with Gasteiger partial charge in [-0.05, 0) is 43.1 Å². The van der Waals surface area contributed by atoms with Gasteiger partial charge in [0, 0.05) is 44.8 Å². The first kappa shape index (κ1) is 15.9. The minimum atomic E-state index is 0.507. The lowest BCUT2D eigenvalue weighted by molar-refractivity contribution is 0.113. The standard InChI is InChI=1S/C14H24IN5/c1-4-5-16-14-12(15)9-17-13(18-14)8-11-10-19(2)6-7-20(11)3/h9,11H,4-8,10H2,1-3H3,(H,16,17,18). The zero-order valence-electron chi connectivity index (χ0n) is 12.6.